The number of nitrogens with zero attached hydrogens (tertiary/aromatic N) is 5. The number of fused-ring (bicyclic) bond motifs is 10. The van der Waals surface area contributed by atoms with Crippen molar-refractivity contribution >= 4 is 121 Å². The van der Waals surface area contributed by atoms with Crippen LogP contribution in [0.2, 0.25) is 0 Å². The van der Waals surface area contributed by atoms with Crippen LogP contribution >= 0.6 is 0 Å². The Kier molecular flexibility index (Phi) is 13.2. The third kappa shape index (κ3) is 9.50. The Bertz CT molecular complexity index is 5530. The quantitative estimate of drug-likeness (QED) is 0.129. The van der Waals surface area contributed by atoms with E-state index in [1.807, 2.05) is 0 Å². The first-order valence-corrected chi connectivity index (χ1v) is 32.7. The summed E-state index contributed by atoms with van der Waals surface area (Å²) in [4.78, 5) is 10.4. The van der Waals surface area contributed by atoms with Crippen LogP contribution in [-0.2, 0) is 0 Å². The number of hydrogen-bond acceptors (Lipinski definition) is 3. The first kappa shape index (κ1) is 55.5. The van der Waals surface area contributed by atoms with Crippen molar-refractivity contribution in [1.29, 1.82) is 0 Å². The van der Waals surface area contributed by atoms with Crippen LogP contribution in [0.1, 0.15) is 17.0 Å². The van der Waals surface area contributed by atoms with Crippen molar-refractivity contribution in [2.24, 2.45) is 0 Å². The first-order chi connectivity index (χ1) is 46.8. The molecule has 0 amide bonds. The van der Waals surface area contributed by atoms with Crippen molar-refractivity contribution in [2.75, 3.05) is 9.80 Å². The third-order valence-corrected chi connectivity index (χ3v) is 19.6. The molecule has 3 aromatic heterocycles. The van der Waals surface area contributed by atoms with Crippen LogP contribution in [-0.4, -0.2) is 14.1 Å². The van der Waals surface area contributed by atoms with Crippen molar-refractivity contribution in [3.05, 3.63) is 345 Å². The minimum atomic E-state index is 0.988. The zero-order valence-corrected chi connectivity index (χ0v) is 52.9. The highest BCUT2D eigenvalue weighted by molar-refractivity contribution is 6.11. The lowest BCUT2D eigenvalue weighted by Crippen LogP contribution is -2.14. The molecule has 18 aromatic rings. The van der Waals surface area contributed by atoms with Crippen LogP contribution in [0.25, 0.3) is 131 Å². The summed E-state index contributed by atoms with van der Waals surface area (Å²) in [6.45, 7) is 6.65. The molecule has 5 nitrogen and oxygen atoms in total. The number of aryl methyl sites for hydroxylation is 2. The number of pyridine rings is 1. The Labute approximate surface area is 551 Å². The Hall–Kier alpha value is -12.3. The van der Waals surface area contributed by atoms with Crippen LogP contribution in [0.4, 0.5) is 34.1 Å². The monoisotopic (exact) mass is 1210 g/mol. The number of anilines is 6. The van der Waals surface area contributed by atoms with Crippen molar-refractivity contribution in [3.63, 3.8) is 0 Å². The van der Waals surface area contributed by atoms with E-state index in [-0.39, 0.29) is 0 Å². The molecule has 0 aliphatic rings. The predicted octanol–water partition coefficient (Wildman–Crippen LogP) is 24.8. The Morgan fingerprint density at radius 1 is 0.232 bits per heavy atom. The van der Waals surface area contributed by atoms with Gasteiger partial charge in [-0.1, -0.05) is 218 Å². The highest BCUT2D eigenvalue weighted by atomic mass is 15.2. The maximum absolute atomic E-state index is 5.48. The molecule has 5 heteroatoms. The van der Waals surface area contributed by atoms with Crippen LogP contribution in [0.3, 0.4) is 0 Å². The summed E-state index contributed by atoms with van der Waals surface area (Å²) in [5, 5.41) is 14.4. The molecule has 95 heavy (non-hydrogen) atoms. The molecule has 3 heterocycles. The fraction of sp³-hybridized carbons (Fsp3) is 0.0333. The summed E-state index contributed by atoms with van der Waals surface area (Å²) in [6, 6.07) is 121. The molecule has 0 atom stereocenters. The van der Waals surface area contributed by atoms with Crippen LogP contribution in [0.5, 0.6) is 0 Å². The molecule has 0 bridgehead atoms. The lowest BCUT2D eigenvalue weighted by atomic mass is 9.89. The van der Waals surface area contributed by atoms with E-state index in [2.05, 4.69) is 367 Å². The number of para-hydroxylation sites is 4. The smallest absolute Gasteiger partial charge is 0.0541 e. The zero-order chi connectivity index (χ0) is 63.3. The van der Waals surface area contributed by atoms with Crippen molar-refractivity contribution in [2.45, 2.75) is 20.8 Å². The van der Waals surface area contributed by atoms with Gasteiger partial charge in [0.05, 0.1) is 22.1 Å². The van der Waals surface area contributed by atoms with Gasteiger partial charge >= 0.3 is 0 Å². The van der Waals surface area contributed by atoms with Gasteiger partial charge in [0, 0.05) is 89.6 Å². The second kappa shape index (κ2) is 22.5. The first-order valence-electron chi connectivity index (χ1n) is 32.7. The molecule has 448 valence electrons. The lowest BCUT2D eigenvalue weighted by Gasteiger charge is -2.31. The summed E-state index contributed by atoms with van der Waals surface area (Å²) in [5.41, 5.74) is 23.0. The topological polar surface area (TPSA) is 29.2 Å². The van der Waals surface area contributed by atoms with Gasteiger partial charge in [0.25, 0.3) is 0 Å². The summed E-state index contributed by atoms with van der Waals surface area (Å²) in [5.74, 6) is 0. The second-order valence-corrected chi connectivity index (χ2v) is 25.2. The third-order valence-electron chi connectivity index (χ3n) is 19.6. The van der Waals surface area contributed by atoms with Crippen molar-refractivity contribution in [3.8, 4) is 44.8 Å². The fourth-order valence-corrected chi connectivity index (χ4v) is 15.3. The predicted molar refractivity (Wildman–Crippen MR) is 403 cm³/mol. The maximum atomic E-state index is 5.48. The number of rotatable bonds is 11. The van der Waals surface area contributed by atoms with Gasteiger partial charge < -0.3 is 18.9 Å². The van der Waals surface area contributed by atoms with E-state index in [1.54, 1.807) is 0 Å². The van der Waals surface area contributed by atoms with Gasteiger partial charge in [-0.15, -0.1) is 0 Å². The molecule has 0 N–H and O–H groups in total. The summed E-state index contributed by atoms with van der Waals surface area (Å²) in [7, 11) is 0. The van der Waals surface area contributed by atoms with Crippen LogP contribution < -0.4 is 9.80 Å². The largest absolute Gasteiger partial charge is 0.310 e. The highest BCUT2D eigenvalue weighted by Gasteiger charge is 2.24. The van der Waals surface area contributed by atoms with Gasteiger partial charge in [0.15, 0.2) is 0 Å². The van der Waals surface area contributed by atoms with Gasteiger partial charge in [0.2, 0.25) is 0 Å². The minimum absolute atomic E-state index is 0.988. The van der Waals surface area contributed by atoms with Gasteiger partial charge in [-0.3, -0.25) is 4.98 Å². The van der Waals surface area contributed by atoms with Crippen molar-refractivity contribution < 1.29 is 0 Å². The standard InChI is InChI=1S/C90H63N5/c1-58-89(59(2)91-60(3)90(58)72-54-79(94-85-32-16-12-28-81(85)82-29-13-17-33-86(82)94)57-80(55-72)95-87-34-18-14-30-83(87)84-31-15-19-35-88(84)95)66-38-36-65(37-39-66)71-52-77(92(73-44-40-61-20-4-8-24-67(61)48-73)74-45-41-62-21-5-9-25-68(62)49-74)56-78(53-71)93(75-46-42-63-22-6-10-26-69(63)50-75)76-47-43-64-23-7-11-27-70(64)51-76/h4-57H,1-3H3. The number of hydrogen-bond donors (Lipinski definition) is 0. The molecule has 0 aliphatic carbocycles. The molecule has 0 unspecified atom stereocenters. The summed E-state index contributed by atoms with van der Waals surface area (Å²) >= 11 is 0. The van der Waals surface area contributed by atoms with Gasteiger partial charge in [0.1, 0.15) is 0 Å². The normalized spacial score (nSPS) is 11.7. The number of benzene rings is 15. The average Bonchev–Trinajstić information content (AvgIpc) is 1.66. The summed E-state index contributed by atoms with van der Waals surface area (Å²) < 4.78 is 4.90. The Morgan fingerprint density at radius 3 is 0.895 bits per heavy atom. The molecule has 0 radical (unpaired) electrons. The van der Waals surface area contributed by atoms with Gasteiger partial charge in [-0.05, 0) is 201 Å². The van der Waals surface area contributed by atoms with E-state index < -0.39 is 0 Å². The number of aromatic nitrogens is 3. The minimum Gasteiger partial charge on any atom is -0.310 e. The lowest BCUT2D eigenvalue weighted by molar-refractivity contribution is 1.10. The molecule has 0 saturated heterocycles. The fourth-order valence-electron chi connectivity index (χ4n) is 15.3. The second-order valence-electron chi connectivity index (χ2n) is 25.2. The summed E-state index contributed by atoms with van der Waals surface area (Å²) in [6.07, 6.45) is 0. The van der Waals surface area contributed by atoms with Crippen molar-refractivity contribution in [1.82, 2.24) is 14.1 Å². The van der Waals surface area contributed by atoms with E-state index in [1.165, 1.54) is 70.2 Å². The van der Waals surface area contributed by atoms with Gasteiger partial charge in [-0.2, -0.15) is 0 Å². The van der Waals surface area contributed by atoms with Gasteiger partial charge in [-0.25, -0.2) is 0 Å². The molecule has 0 aliphatic heterocycles. The average molecular weight is 1210 g/mol. The van der Waals surface area contributed by atoms with Crippen LogP contribution in [0, 0.1) is 20.8 Å². The zero-order valence-electron chi connectivity index (χ0n) is 52.9. The molecular formula is C90H63N5. The van der Waals surface area contributed by atoms with E-state index in [0.717, 1.165) is 112 Å². The Morgan fingerprint density at radius 2 is 0.537 bits per heavy atom. The molecule has 0 saturated carbocycles. The maximum Gasteiger partial charge on any atom is 0.0541 e. The van der Waals surface area contributed by atoms with E-state index in [4.69, 9.17) is 4.98 Å². The van der Waals surface area contributed by atoms with Crippen LogP contribution in [0.15, 0.2) is 328 Å². The SMILES string of the molecule is Cc1nc(C)c(-c2cc(-n3c4ccccc4c4ccccc43)cc(-n3c4ccccc4c4ccccc43)c2)c(C)c1-c1ccc(-c2cc(N(c3ccc4ccccc4c3)c3ccc4ccccc4c3)cc(N(c3ccc4ccccc4c3)c3ccc4ccccc4c3)c2)cc1. The molecule has 0 fully saturated rings. The Balaban J connectivity index is 0.831. The van der Waals surface area contributed by atoms with E-state index >= 15 is 0 Å². The molecule has 15 aromatic carbocycles. The highest BCUT2D eigenvalue weighted by Crippen LogP contribution is 2.47. The molecule has 0 spiro atoms. The molecule has 18 rings (SSSR count). The van der Waals surface area contributed by atoms with E-state index in [0.29, 0.717) is 0 Å². The molecular weight excluding hydrogens is 1150 g/mol. The van der Waals surface area contributed by atoms with E-state index in [9.17, 15) is 0 Å².